The molecule has 0 fully saturated rings. The number of hydrogen-bond donors (Lipinski definition) is 1. The number of nitrogen functional groups attached to an aromatic ring is 1. The van der Waals surface area contributed by atoms with Crippen LogP contribution < -0.4 is 15.6 Å². The second-order valence-electron chi connectivity index (χ2n) is 5.00. The van der Waals surface area contributed by atoms with Crippen molar-refractivity contribution in [3.63, 3.8) is 0 Å². The molecule has 2 heterocycles. The highest BCUT2D eigenvalue weighted by molar-refractivity contribution is 5.91. The zero-order chi connectivity index (χ0) is 12.5. The van der Waals surface area contributed by atoms with Crippen LogP contribution in [0, 0.1) is 0 Å². The van der Waals surface area contributed by atoms with Crippen molar-refractivity contribution >= 4 is 22.4 Å². The predicted molar refractivity (Wildman–Crippen MR) is 75.7 cm³/mol. The Labute approximate surface area is 108 Å². The van der Waals surface area contributed by atoms with Crippen molar-refractivity contribution in [2.75, 3.05) is 23.7 Å². The van der Waals surface area contributed by atoms with E-state index >= 15 is 0 Å². The van der Waals surface area contributed by atoms with Gasteiger partial charge in [-0.1, -0.05) is 25.5 Å². The molecule has 94 valence electrons. The van der Waals surface area contributed by atoms with Gasteiger partial charge in [0, 0.05) is 11.8 Å². The maximum atomic E-state index is 6.31. The first kappa shape index (κ1) is 11.3. The smallest absolute Gasteiger partial charge is 0.280 e. The second kappa shape index (κ2) is 4.48. The van der Waals surface area contributed by atoms with Gasteiger partial charge in [-0.15, -0.1) is 0 Å². The van der Waals surface area contributed by atoms with E-state index in [1.54, 1.807) is 0 Å². The molecule has 0 amide bonds. The topological polar surface area (TPSA) is 43.4 Å². The molecule has 3 rings (SSSR count). The second-order valence-corrected chi connectivity index (χ2v) is 5.00. The molecule has 0 spiro atoms. The summed E-state index contributed by atoms with van der Waals surface area (Å²) in [5, 5.41) is 1.15. The van der Waals surface area contributed by atoms with Crippen LogP contribution in [0.5, 0.6) is 0 Å². The first-order valence-electron chi connectivity index (χ1n) is 6.78. The number of benzene rings is 1. The minimum absolute atomic E-state index is 0.957. The van der Waals surface area contributed by atoms with Crippen LogP contribution in [0.4, 0.5) is 11.5 Å². The van der Waals surface area contributed by atoms with E-state index in [2.05, 4.69) is 35.0 Å². The van der Waals surface area contributed by atoms with Gasteiger partial charge >= 0.3 is 0 Å². The number of nitrogens with one attached hydrogen (secondary N) is 1. The first-order chi connectivity index (χ1) is 8.81. The van der Waals surface area contributed by atoms with Crippen molar-refractivity contribution in [1.29, 1.82) is 0 Å². The van der Waals surface area contributed by atoms with Crippen molar-refractivity contribution < 1.29 is 4.98 Å². The Hall–Kier alpha value is -1.77. The summed E-state index contributed by atoms with van der Waals surface area (Å²) in [5.41, 5.74) is 9.70. The van der Waals surface area contributed by atoms with E-state index in [0.717, 1.165) is 36.1 Å². The van der Waals surface area contributed by atoms with Crippen LogP contribution in [0.25, 0.3) is 10.9 Å². The molecule has 3 nitrogen and oxygen atoms in total. The Morgan fingerprint density at radius 2 is 2.17 bits per heavy atom. The summed E-state index contributed by atoms with van der Waals surface area (Å²) < 4.78 is 0. The highest BCUT2D eigenvalue weighted by Gasteiger charge is 2.30. The highest BCUT2D eigenvalue weighted by Crippen LogP contribution is 2.32. The van der Waals surface area contributed by atoms with Gasteiger partial charge < -0.3 is 5.73 Å². The Kier molecular flexibility index (Phi) is 2.82. The van der Waals surface area contributed by atoms with Gasteiger partial charge in [0.05, 0.1) is 24.3 Å². The van der Waals surface area contributed by atoms with Crippen LogP contribution in [0.2, 0.25) is 0 Å². The zero-order valence-corrected chi connectivity index (χ0v) is 10.9. The number of rotatable bonds is 3. The van der Waals surface area contributed by atoms with Gasteiger partial charge in [-0.2, -0.15) is 0 Å². The summed E-state index contributed by atoms with van der Waals surface area (Å²) in [6.45, 7) is 4.44. The van der Waals surface area contributed by atoms with Crippen LogP contribution in [0.1, 0.15) is 25.3 Å². The fourth-order valence-electron chi connectivity index (χ4n) is 2.77. The molecule has 3 N–H and O–H groups in total. The van der Waals surface area contributed by atoms with Gasteiger partial charge in [0.1, 0.15) is 5.52 Å². The Morgan fingerprint density at radius 1 is 1.33 bits per heavy atom. The van der Waals surface area contributed by atoms with E-state index in [0.29, 0.717) is 0 Å². The number of unbranched alkanes of at least 4 members (excludes halogenated alkanes) is 1. The maximum Gasteiger partial charge on any atom is 0.280 e. The summed E-state index contributed by atoms with van der Waals surface area (Å²) in [7, 11) is 0. The van der Waals surface area contributed by atoms with Crippen molar-refractivity contribution in [2.45, 2.75) is 26.2 Å². The molecule has 1 aliphatic rings. The van der Waals surface area contributed by atoms with E-state index in [1.807, 2.05) is 6.07 Å². The largest absolute Gasteiger partial charge is 0.398 e. The van der Waals surface area contributed by atoms with Crippen LogP contribution in [-0.2, 0) is 6.42 Å². The molecule has 2 aromatic rings. The van der Waals surface area contributed by atoms with Crippen LogP contribution in [0.15, 0.2) is 24.3 Å². The minimum Gasteiger partial charge on any atom is -0.398 e. The van der Waals surface area contributed by atoms with Gasteiger partial charge in [-0.05, 0) is 18.6 Å². The lowest BCUT2D eigenvalue weighted by molar-refractivity contribution is -0.330. The standard InChI is InChI=1S/C15H19N3/c1-2-3-9-18-10-8-12-14(16)11-6-4-5-7-13(11)17-15(12)18/h4-7H,2-3,8-10H2,1H3,(H2,16,17)/p+1. The summed E-state index contributed by atoms with van der Waals surface area (Å²) in [6, 6.07) is 8.29. The van der Waals surface area contributed by atoms with Gasteiger partial charge in [-0.25, -0.2) is 4.98 Å². The quantitative estimate of drug-likeness (QED) is 0.898. The van der Waals surface area contributed by atoms with Gasteiger partial charge in [0.2, 0.25) is 0 Å². The lowest BCUT2D eigenvalue weighted by atomic mass is 10.1. The number of nitrogens with zero attached hydrogens (tertiary/aromatic N) is 1. The molecular formula is C15H20N3+. The van der Waals surface area contributed by atoms with Gasteiger partial charge in [0.25, 0.3) is 5.82 Å². The van der Waals surface area contributed by atoms with Crippen LogP contribution in [0.3, 0.4) is 0 Å². The Bertz CT molecular complexity index is 577. The molecule has 1 aliphatic heterocycles. The molecule has 18 heavy (non-hydrogen) atoms. The normalized spacial score (nSPS) is 14.2. The average Bonchev–Trinajstić information content (AvgIpc) is 2.80. The lowest BCUT2D eigenvalue weighted by Crippen LogP contribution is -2.27. The molecular weight excluding hydrogens is 222 g/mol. The average molecular weight is 242 g/mol. The fourth-order valence-corrected chi connectivity index (χ4v) is 2.77. The van der Waals surface area contributed by atoms with Crippen molar-refractivity contribution in [1.82, 2.24) is 0 Å². The first-order valence-corrected chi connectivity index (χ1v) is 6.78. The summed E-state index contributed by atoms with van der Waals surface area (Å²) in [5.74, 6) is 1.24. The third-order valence-corrected chi connectivity index (χ3v) is 3.81. The summed E-state index contributed by atoms with van der Waals surface area (Å²) in [4.78, 5) is 5.99. The number of anilines is 2. The van der Waals surface area contributed by atoms with Crippen LogP contribution >= 0.6 is 0 Å². The third kappa shape index (κ3) is 1.70. The van der Waals surface area contributed by atoms with Gasteiger partial charge in [0.15, 0.2) is 0 Å². The number of nitrogens with two attached hydrogens (primary N) is 1. The zero-order valence-electron chi connectivity index (χ0n) is 10.9. The monoisotopic (exact) mass is 242 g/mol. The Morgan fingerprint density at radius 3 is 3.00 bits per heavy atom. The molecule has 0 saturated heterocycles. The number of hydrogen-bond acceptors (Lipinski definition) is 2. The van der Waals surface area contributed by atoms with Crippen molar-refractivity contribution in [2.24, 2.45) is 0 Å². The van der Waals surface area contributed by atoms with E-state index in [1.165, 1.54) is 24.2 Å². The molecule has 1 aromatic carbocycles. The summed E-state index contributed by atoms with van der Waals surface area (Å²) >= 11 is 0. The van der Waals surface area contributed by atoms with E-state index < -0.39 is 0 Å². The van der Waals surface area contributed by atoms with E-state index in [4.69, 9.17) is 5.73 Å². The molecule has 0 saturated carbocycles. The van der Waals surface area contributed by atoms with Crippen molar-refractivity contribution in [3.05, 3.63) is 29.8 Å². The molecule has 0 unspecified atom stereocenters. The molecule has 3 heteroatoms. The van der Waals surface area contributed by atoms with Crippen molar-refractivity contribution in [3.8, 4) is 0 Å². The van der Waals surface area contributed by atoms with E-state index in [9.17, 15) is 0 Å². The number of para-hydroxylation sites is 1. The number of aromatic nitrogens is 1. The third-order valence-electron chi connectivity index (χ3n) is 3.81. The fraction of sp³-hybridized carbons (Fsp3) is 0.400. The van der Waals surface area contributed by atoms with Gasteiger partial charge in [-0.3, -0.25) is 4.90 Å². The Balaban J connectivity index is 2.08. The predicted octanol–water partition coefficient (Wildman–Crippen LogP) is 2.40. The molecule has 0 radical (unpaired) electrons. The maximum absolute atomic E-state index is 6.31. The number of H-pyrrole nitrogens is 1. The van der Waals surface area contributed by atoms with E-state index in [-0.39, 0.29) is 0 Å². The number of aromatic amines is 1. The lowest BCUT2D eigenvalue weighted by Gasteiger charge is -2.11. The molecule has 0 aliphatic carbocycles. The minimum atomic E-state index is 0.957. The molecule has 0 atom stereocenters. The molecule has 1 aromatic heterocycles. The highest BCUT2D eigenvalue weighted by atomic mass is 15.2. The number of fused-ring (bicyclic) bond motifs is 2. The SMILES string of the molecule is CCCCN1CCc2c1[nH+]c1ccccc1c2N. The number of pyridine rings is 1. The molecule has 0 bridgehead atoms. The summed E-state index contributed by atoms with van der Waals surface area (Å²) in [6.07, 6.45) is 3.53. The van der Waals surface area contributed by atoms with Crippen LogP contribution in [-0.4, -0.2) is 13.1 Å².